The molecule has 0 spiro atoms. The zero-order valence-electron chi connectivity index (χ0n) is 16.6. The minimum Gasteiger partial charge on any atom is -0.369 e. The van der Waals surface area contributed by atoms with Crippen LogP contribution in [0.4, 0.5) is 23.1 Å². The number of aromatic nitrogens is 2. The summed E-state index contributed by atoms with van der Waals surface area (Å²) in [5, 5.41) is 16.0. The number of nitriles is 1. The summed E-state index contributed by atoms with van der Waals surface area (Å²) >= 11 is 0. The van der Waals surface area contributed by atoms with Crippen LogP contribution in [0.15, 0.2) is 36.5 Å². The molecule has 2 aromatic rings. The van der Waals surface area contributed by atoms with Crippen LogP contribution in [0.2, 0.25) is 0 Å². The van der Waals surface area contributed by atoms with E-state index in [1.165, 1.54) is 5.69 Å². The van der Waals surface area contributed by atoms with Crippen LogP contribution >= 0.6 is 0 Å². The number of hydrogen-bond acceptors (Lipinski definition) is 7. The molecule has 1 atom stereocenters. The van der Waals surface area contributed by atoms with Gasteiger partial charge in [0.1, 0.15) is 11.2 Å². The van der Waals surface area contributed by atoms with Gasteiger partial charge in [0.05, 0.1) is 6.07 Å². The maximum Gasteiger partial charge on any atom is 0.248 e. The van der Waals surface area contributed by atoms with Crippen molar-refractivity contribution in [2.24, 2.45) is 5.41 Å². The maximum absolute atomic E-state index is 12.8. The van der Waals surface area contributed by atoms with Crippen LogP contribution < -0.4 is 20.4 Å². The van der Waals surface area contributed by atoms with Crippen LogP contribution in [-0.2, 0) is 4.79 Å². The molecule has 1 aromatic heterocycles. The van der Waals surface area contributed by atoms with E-state index < -0.39 is 5.41 Å². The second-order valence-electron chi connectivity index (χ2n) is 7.40. The van der Waals surface area contributed by atoms with Crippen molar-refractivity contribution in [2.75, 3.05) is 47.8 Å². The van der Waals surface area contributed by atoms with E-state index in [0.717, 1.165) is 31.9 Å². The van der Waals surface area contributed by atoms with E-state index in [2.05, 4.69) is 43.7 Å². The van der Waals surface area contributed by atoms with Crippen LogP contribution in [0.25, 0.3) is 0 Å². The summed E-state index contributed by atoms with van der Waals surface area (Å²) in [6, 6.07) is 12.1. The summed E-state index contributed by atoms with van der Waals surface area (Å²) in [6.45, 7) is 6.38. The molecule has 2 saturated heterocycles. The molecule has 1 amide bonds. The van der Waals surface area contributed by atoms with Crippen LogP contribution in [0.5, 0.6) is 0 Å². The van der Waals surface area contributed by atoms with Crippen LogP contribution in [0, 0.1) is 16.7 Å². The highest BCUT2D eigenvalue weighted by atomic mass is 16.2. The normalized spacial score (nSPS) is 21.9. The van der Waals surface area contributed by atoms with E-state index in [9.17, 15) is 10.1 Å². The molecule has 2 N–H and O–H groups in total. The highest BCUT2D eigenvalue weighted by Gasteiger charge is 2.46. The van der Waals surface area contributed by atoms with E-state index in [4.69, 9.17) is 0 Å². The van der Waals surface area contributed by atoms with E-state index in [1.807, 2.05) is 19.1 Å². The fourth-order valence-electron chi connectivity index (χ4n) is 3.87. The molecule has 0 radical (unpaired) electrons. The third-order valence-corrected chi connectivity index (χ3v) is 5.76. The number of nitrogens with zero attached hydrogens (tertiary/aromatic N) is 5. The van der Waals surface area contributed by atoms with Gasteiger partial charge >= 0.3 is 0 Å². The number of rotatable bonds is 5. The number of benzene rings is 1. The van der Waals surface area contributed by atoms with Gasteiger partial charge in [0.25, 0.3) is 0 Å². The zero-order chi connectivity index (χ0) is 20.3. The Morgan fingerprint density at radius 1 is 1.21 bits per heavy atom. The predicted molar refractivity (Wildman–Crippen MR) is 112 cm³/mol. The first-order chi connectivity index (χ1) is 14.1. The lowest BCUT2D eigenvalue weighted by atomic mass is 9.85. The Hall–Kier alpha value is -3.18. The molecular weight excluding hydrogens is 366 g/mol. The number of piperazine rings is 1. The molecule has 8 heteroatoms. The summed E-state index contributed by atoms with van der Waals surface area (Å²) in [7, 11) is 0. The fraction of sp³-hybridized carbons (Fsp3) is 0.429. The second kappa shape index (κ2) is 8.05. The standard InChI is InChI=1S/C21H25N7O/c1-2-21(15-22)8-12-28(19(21)29)18-7-9-24-20(26-18)25-16-3-5-17(6-4-16)27-13-10-23-11-14-27/h3-7,9,23H,2,8,10-14H2,1H3,(H,24,25,26)/t21-/m1/s1. The van der Waals surface area contributed by atoms with Gasteiger partial charge in [-0.25, -0.2) is 4.98 Å². The van der Waals surface area contributed by atoms with Gasteiger partial charge in [0.2, 0.25) is 11.9 Å². The molecule has 0 bridgehead atoms. The molecule has 1 aromatic carbocycles. The molecular formula is C21H25N7O. The van der Waals surface area contributed by atoms with Crippen LogP contribution in [0.1, 0.15) is 19.8 Å². The number of carbonyl (C=O) groups is 1. The van der Waals surface area contributed by atoms with Crippen molar-refractivity contribution < 1.29 is 4.79 Å². The summed E-state index contributed by atoms with van der Waals surface area (Å²) < 4.78 is 0. The molecule has 3 heterocycles. The molecule has 8 nitrogen and oxygen atoms in total. The fourth-order valence-corrected chi connectivity index (χ4v) is 3.87. The Morgan fingerprint density at radius 3 is 2.62 bits per heavy atom. The minimum atomic E-state index is -0.932. The van der Waals surface area contributed by atoms with Crippen molar-refractivity contribution in [3.63, 3.8) is 0 Å². The Balaban J connectivity index is 1.47. The van der Waals surface area contributed by atoms with Gasteiger partial charge in [-0.3, -0.25) is 9.69 Å². The number of hydrogen-bond donors (Lipinski definition) is 2. The highest BCUT2D eigenvalue weighted by Crippen LogP contribution is 2.36. The molecule has 150 valence electrons. The van der Waals surface area contributed by atoms with Gasteiger partial charge in [-0.15, -0.1) is 0 Å². The van der Waals surface area contributed by atoms with Crippen molar-refractivity contribution >= 4 is 29.0 Å². The molecule has 2 aliphatic heterocycles. The van der Waals surface area contributed by atoms with E-state index >= 15 is 0 Å². The number of nitrogens with one attached hydrogen (secondary N) is 2. The Bertz CT molecular complexity index is 917. The molecule has 4 rings (SSSR count). The average Bonchev–Trinajstić information content (AvgIpc) is 3.12. The van der Waals surface area contributed by atoms with Gasteiger partial charge in [0.15, 0.2) is 0 Å². The third kappa shape index (κ3) is 3.74. The van der Waals surface area contributed by atoms with Crippen molar-refractivity contribution in [2.45, 2.75) is 19.8 Å². The zero-order valence-corrected chi connectivity index (χ0v) is 16.6. The smallest absolute Gasteiger partial charge is 0.248 e. The second-order valence-corrected chi connectivity index (χ2v) is 7.40. The minimum absolute atomic E-state index is 0.174. The number of amides is 1. The lowest BCUT2D eigenvalue weighted by molar-refractivity contribution is -0.123. The molecule has 2 aliphatic rings. The van der Waals surface area contributed by atoms with Crippen molar-refractivity contribution in [3.05, 3.63) is 36.5 Å². The molecule has 2 fully saturated rings. The van der Waals surface area contributed by atoms with Gasteiger partial charge in [-0.2, -0.15) is 10.2 Å². The summed E-state index contributed by atoms with van der Waals surface area (Å²) in [6.07, 6.45) is 2.67. The van der Waals surface area contributed by atoms with E-state index in [0.29, 0.717) is 31.2 Å². The predicted octanol–water partition coefficient (Wildman–Crippen LogP) is 2.29. The largest absolute Gasteiger partial charge is 0.369 e. The Kier molecular flexibility index (Phi) is 5.32. The molecule has 0 saturated carbocycles. The summed E-state index contributed by atoms with van der Waals surface area (Å²) in [4.78, 5) is 25.5. The number of carbonyl (C=O) groups excluding carboxylic acids is 1. The summed E-state index contributed by atoms with van der Waals surface area (Å²) in [5.41, 5.74) is 1.15. The summed E-state index contributed by atoms with van der Waals surface area (Å²) in [5.74, 6) is 0.777. The van der Waals surface area contributed by atoms with Crippen molar-refractivity contribution in [1.82, 2.24) is 15.3 Å². The van der Waals surface area contributed by atoms with Crippen LogP contribution in [-0.4, -0.2) is 48.6 Å². The highest BCUT2D eigenvalue weighted by molar-refractivity contribution is 6.01. The SMILES string of the molecule is CC[C@]1(C#N)CCN(c2ccnc(Nc3ccc(N4CCNCC4)cc3)n2)C1=O. The van der Waals surface area contributed by atoms with Crippen molar-refractivity contribution in [1.29, 1.82) is 5.26 Å². The quantitative estimate of drug-likeness (QED) is 0.807. The topological polar surface area (TPSA) is 97.2 Å². The Morgan fingerprint density at radius 2 is 1.97 bits per heavy atom. The first-order valence-corrected chi connectivity index (χ1v) is 10.0. The van der Waals surface area contributed by atoms with Crippen molar-refractivity contribution in [3.8, 4) is 6.07 Å². The first kappa shape index (κ1) is 19.2. The average molecular weight is 391 g/mol. The Labute approximate surface area is 170 Å². The lowest BCUT2D eigenvalue weighted by Gasteiger charge is -2.29. The third-order valence-electron chi connectivity index (χ3n) is 5.76. The van der Waals surface area contributed by atoms with Gasteiger partial charge in [-0.1, -0.05) is 6.92 Å². The maximum atomic E-state index is 12.8. The monoisotopic (exact) mass is 391 g/mol. The van der Waals surface area contributed by atoms with E-state index in [1.54, 1.807) is 17.2 Å². The molecule has 0 aliphatic carbocycles. The van der Waals surface area contributed by atoms with Gasteiger partial charge in [0, 0.05) is 50.3 Å². The number of anilines is 4. The molecule has 29 heavy (non-hydrogen) atoms. The lowest BCUT2D eigenvalue weighted by Crippen LogP contribution is -2.43. The van der Waals surface area contributed by atoms with Gasteiger partial charge < -0.3 is 15.5 Å². The van der Waals surface area contributed by atoms with Gasteiger partial charge in [-0.05, 0) is 43.2 Å². The first-order valence-electron chi connectivity index (χ1n) is 10.0. The van der Waals surface area contributed by atoms with Crippen LogP contribution in [0.3, 0.4) is 0 Å². The molecule has 0 unspecified atom stereocenters. The van der Waals surface area contributed by atoms with E-state index in [-0.39, 0.29) is 5.91 Å².